The van der Waals surface area contributed by atoms with Crippen LogP contribution in [0.25, 0.3) is 10.9 Å². The quantitative estimate of drug-likeness (QED) is 0.857. The van der Waals surface area contributed by atoms with Crippen molar-refractivity contribution in [2.24, 2.45) is 0 Å². The number of halogens is 1. The predicted molar refractivity (Wildman–Crippen MR) is 92.5 cm³/mol. The number of carbonyl (C=O) groups is 1. The number of hydrogen-bond acceptors (Lipinski definition) is 4. The molecule has 5 nitrogen and oxygen atoms in total. The molecule has 1 aromatic carbocycles. The summed E-state index contributed by atoms with van der Waals surface area (Å²) >= 11 is 0. The third-order valence-corrected chi connectivity index (χ3v) is 5.03. The van der Waals surface area contributed by atoms with E-state index in [1.54, 1.807) is 12.3 Å². The van der Waals surface area contributed by atoms with Gasteiger partial charge >= 0.3 is 0 Å². The molecule has 0 bridgehead atoms. The maximum atomic E-state index is 13.9. The van der Waals surface area contributed by atoms with Crippen molar-refractivity contribution in [3.8, 4) is 0 Å². The van der Waals surface area contributed by atoms with Crippen molar-refractivity contribution in [3.05, 3.63) is 41.8 Å². The van der Waals surface area contributed by atoms with Crippen LogP contribution in [-0.2, 0) is 16.1 Å². The van der Waals surface area contributed by atoms with E-state index in [0.717, 1.165) is 42.4 Å². The molecule has 1 amide bonds. The first-order chi connectivity index (χ1) is 12.2. The van der Waals surface area contributed by atoms with Gasteiger partial charge in [-0.25, -0.2) is 4.39 Å². The van der Waals surface area contributed by atoms with Crippen molar-refractivity contribution in [3.63, 3.8) is 0 Å². The summed E-state index contributed by atoms with van der Waals surface area (Å²) in [6, 6.07) is 6.79. The lowest BCUT2D eigenvalue weighted by Gasteiger charge is -2.35. The zero-order valence-corrected chi connectivity index (χ0v) is 14.2. The van der Waals surface area contributed by atoms with E-state index in [4.69, 9.17) is 4.74 Å². The topological polar surface area (TPSA) is 45.7 Å². The number of ether oxygens (including phenoxy) is 1. The summed E-state index contributed by atoms with van der Waals surface area (Å²) in [6.07, 6.45) is 3.29. The van der Waals surface area contributed by atoms with Crippen LogP contribution in [0.5, 0.6) is 0 Å². The molecule has 3 heterocycles. The number of hydrogen-bond donors (Lipinski definition) is 0. The maximum Gasteiger partial charge on any atom is 0.251 e. The maximum absolute atomic E-state index is 13.9. The highest BCUT2D eigenvalue weighted by molar-refractivity contribution is 5.82. The van der Waals surface area contributed by atoms with Gasteiger partial charge in [0.2, 0.25) is 0 Å². The Hall–Kier alpha value is -2.05. The van der Waals surface area contributed by atoms with Gasteiger partial charge in [0.15, 0.2) is 0 Å². The Morgan fingerprint density at radius 2 is 2.12 bits per heavy atom. The minimum absolute atomic E-state index is 0.120. The summed E-state index contributed by atoms with van der Waals surface area (Å²) in [4.78, 5) is 21.0. The fourth-order valence-corrected chi connectivity index (χ4v) is 3.69. The van der Waals surface area contributed by atoms with Crippen molar-refractivity contribution in [2.45, 2.75) is 25.5 Å². The van der Waals surface area contributed by atoms with E-state index in [9.17, 15) is 9.18 Å². The fourth-order valence-electron chi connectivity index (χ4n) is 3.69. The Labute approximate surface area is 146 Å². The minimum atomic E-state index is -0.247. The Morgan fingerprint density at radius 3 is 2.88 bits per heavy atom. The van der Waals surface area contributed by atoms with Crippen molar-refractivity contribution in [1.29, 1.82) is 0 Å². The largest absolute Gasteiger partial charge is 0.368 e. The third-order valence-electron chi connectivity index (χ3n) is 5.03. The van der Waals surface area contributed by atoms with E-state index in [1.807, 2.05) is 17.0 Å². The van der Waals surface area contributed by atoms with Crippen LogP contribution >= 0.6 is 0 Å². The summed E-state index contributed by atoms with van der Waals surface area (Å²) in [5.74, 6) is -0.113. The smallest absolute Gasteiger partial charge is 0.251 e. The first-order valence-corrected chi connectivity index (χ1v) is 8.86. The van der Waals surface area contributed by atoms with Crippen LogP contribution in [0.1, 0.15) is 18.4 Å². The average Bonchev–Trinajstić information content (AvgIpc) is 3.16. The molecule has 0 radical (unpaired) electrons. The van der Waals surface area contributed by atoms with Crippen molar-refractivity contribution >= 4 is 16.8 Å². The summed E-state index contributed by atoms with van der Waals surface area (Å²) in [5, 5.41) is 0.824. The van der Waals surface area contributed by atoms with Gasteiger partial charge in [-0.05, 0) is 36.6 Å². The highest BCUT2D eigenvalue weighted by Gasteiger charge is 2.30. The van der Waals surface area contributed by atoms with Gasteiger partial charge in [-0.3, -0.25) is 14.7 Å². The molecule has 0 spiro atoms. The van der Waals surface area contributed by atoms with Gasteiger partial charge < -0.3 is 9.64 Å². The molecule has 4 rings (SSSR count). The molecule has 2 aliphatic heterocycles. The molecule has 2 aromatic rings. The lowest BCUT2D eigenvalue weighted by atomic mass is 10.1. The molecule has 1 aromatic heterocycles. The standard InChI is InChI=1S/C19H22FN3O2/c20-16-11-14-3-1-5-21-18(14)15(12-16)13-22-6-8-23(9-7-22)19(24)17-4-2-10-25-17/h1,3,5,11-12,17H,2,4,6-10,13H2/t17-/m0/s1. The number of nitrogens with zero attached hydrogens (tertiary/aromatic N) is 3. The van der Waals surface area contributed by atoms with E-state index in [-0.39, 0.29) is 17.8 Å². The van der Waals surface area contributed by atoms with Crippen LogP contribution < -0.4 is 0 Å². The fraction of sp³-hybridized carbons (Fsp3) is 0.474. The minimum Gasteiger partial charge on any atom is -0.368 e. The number of benzene rings is 1. The molecular weight excluding hydrogens is 321 g/mol. The first-order valence-electron chi connectivity index (χ1n) is 8.86. The molecule has 0 saturated carbocycles. The van der Waals surface area contributed by atoms with Crippen molar-refractivity contribution in [1.82, 2.24) is 14.8 Å². The summed E-state index contributed by atoms with van der Waals surface area (Å²) < 4.78 is 19.4. The van der Waals surface area contributed by atoms with Crippen LogP contribution in [-0.4, -0.2) is 59.6 Å². The van der Waals surface area contributed by atoms with Crippen molar-refractivity contribution < 1.29 is 13.9 Å². The van der Waals surface area contributed by atoms with Crippen LogP contribution in [0, 0.1) is 5.82 Å². The van der Waals surface area contributed by atoms with Gasteiger partial charge in [0.25, 0.3) is 5.91 Å². The zero-order valence-electron chi connectivity index (χ0n) is 14.2. The van der Waals surface area contributed by atoms with Gasteiger partial charge in [0.05, 0.1) is 5.52 Å². The Balaban J connectivity index is 1.41. The van der Waals surface area contributed by atoms with Gasteiger partial charge in [-0.15, -0.1) is 0 Å². The molecule has 2 saturated heterocycles. The summed E-state index contributed by atoms with van der Waals surface area (Å²) in [5.41, 5.74) is 1.75. The van der Waals surface area contributed by atoms with Crippen molar-refractivity contribution in [2.75, 3.05) is 32.8 Å². The average molecular weight is 343 g/mol. The number of piperazine rings is 1. The molecule has 0 unspecified atom stereocenters. The molecular formula is C19H22FN3O2. The first kappa shape index (κ1) is 16.4. The second kappa shape index (κ2) is 7.06. The van der Waals surface area contributed by atoms with E-state index in [2.05, 4.69) is 9.88 Å². The normalized spacial score (nSPS) is 21.8. The molecule has 2 fully saturated rings. The number of fused-ring (bicyclic) bond motifs is 1. The van der Waals surface area contributed by atoms with Gasteiger partial charge in [-0.2, -0.15) is 0 Å². The second-order valence-electron chi connectivity index (χ2n) is 6.74. The molecule has 132 valence electrons. The van der Waals surface area contributed by atoms with E-state index in [1.165, 1.54) is 6.07 Å². The summed E-state index contributed by atoms with van der Waals surface area (Å²) in [6.45, 7) is 4.29. The SMILES string of the molecule is O=C([C@@H]1CCCO1)N1CCN(Cc2cc(F)cc3cccnc23)CC1. The number of rotatable bonds is 3. The van der Waals surface area contributed by atoms with E-state index in [0.29, 0.717) is 26.2 Å². The predicted octanol–water partition coefficient (Wildman–Crippen LogP) is 2.20. The Kier molecular flexibility index (Phi) is 4.63. The highest BCUT2D eigenvalue weighted by Crippen LogP contribution is 2.21. The molecule has 0 N–H and O–H groups in total. The third kappa shape index (κ3) is 3.50. The van der Waals surface area contributed by atoms with Crippen LogP contribution in [0.15, 0.2) is 30.5 Å². The van der Waals surface area contributed by atoms with E-state index >= 15 is 0 Å². The Morgan fingerprint density at radius 1 is 1.28 bits per heavy atom. The number of pyridine rings is 1. The monoisotopic (exact) mass is 343 g/mol. The molecule has 25 heavy (non-hydrogen) atoms. The second-order valence-corrected chi connectivity index (χ2v) is 6.74. The van der Waals surface area contributed by atoms with Gasteiger partial charge in [-0.1, -0.05) is 6.07 Å². The molecule has 0 aliphatic carbocycles. The molecule has 2 aliphatic rings. The number of carbonyl (C=O) groups excluding carboxylic acids is 1. The van der Waals surface area contributed by atoms with Gasteiger partial charge in [0.1, 0.15) is 11.9 Å². The van der Waals surface area contributed by atoms with Crippen LogP contribution in [0.3, 0.4) is 0 Å². The number of aromatic nitrogens is 1. The molecule has 6 heteroatoms. The Bertz CT molecular complexity index is 768. The van der Waals surface area contributed by atoms with Crippen LogP contribution in [0.4, 0.5) is 4.39 Å². The van der Waals surface area contributed by atoms with E-state index < -0.39 is 0 Å². The lowest BCUT2D eigenvalue weighted by molar-refractivity contribution is -0.142. The number of amides is 1. The van der Waals surface area contributed by atoms with Crippen LogP contribution in [0.2, 0.25) is 0 Å². The highest BCUT2D eigenvalue weighted by atomic mass is 19.1. The molecule has 1 atom stereocenters. The van der Waals surface area contributed by atoms with Gasteiger partial charge in [0, 0.05) is 50.9 Å². The zero-order chi connectivity index (χ0) is 17.2. The summed E-state index contributed by atoms with van der Waals surface area (Å²) in [7, 11) is 0. The lowest BCUT2D eigenvalue weighted by Crippen LogP contribution is -2.51.